The van der Waals surface area contributed by atoms with E-state index in [2.05, 4.69) is 94.4 Å². The SMILES string of the molecule is CC(C)(Sc1ccc(OC(=O)CCC(=O)O)c(C(C)(C)C)c1)Sc1cc(C(C)(C)C)c(O)c(C(C)(C)C)c1. The zero-order valence-electron chi connectivity index (χ0n) is 24.7. The van der Waals surface area contributed by atoms with Crippen molar-refractivity contribution in [2.45, 2.75) is 119 Å². The first-order valence-electron chi connectivity index (χ1n) is 12.9. The molecule has 0 aliphatic carbocycles. The Balaban J connectivity index is 2.39. The van der Waals surface area contributed by atoms with Crippen LogP contribution in [-0.2, 0) is 25.8 Å². The highest BCUT2D eigenvalue weighted by Crippen LogP contribution is 2.49. The Labute approximate surface area is 237 Å². The summed E-state index contributed by atoms with van der Waals surface area (Å²) in [5.74, 6) is -0.734. The first kappa shape index (κ1) is 32.1. The van der Waals surface area contributed by atoms with Gasteiger partial charge in [-0.3, -0.25) is 9.59 Å². The molecule has 0 atom stereocenters. The van der Waals surface area contributed by atoms with Gasteiger partial charge in [0.25, 0.3) is 0 Å². The molecule has 0 aromatic heterocycles. The standard InChI is InChI=1S/C31H44O5S2/c1-28(2,3)21-16-19(12-13-24(21)36-26(34)15-14-25(32)33)37-31(10,11)38-20-17-22(29(4,5)6)27(35)23(18-20)30(7,8)9/h12-13,16-18,35H,14-15H2,1-11H3,(H,32,33). The molecule has 0 aliphatic heterocycles. The van der Waals surface area contributed by atoms with Crippen molar-refractivity contribution in [3.63, 3.8) is 0 Å². The normalized spacial score (nSPS) is 12.9. The topological polar surface area (TPSA) is 83.8 Å². The Morgan fingerprint density at radius 2 is 1.16 bits per heavy atom. The molecule has 0 spiro atoms. The summed E-state index contributed by atoms with van der Waals surface area (Å²) >= 11 is 3.48. The lowest BCUT2D eigenvalue weighted by Gasteiger charge is -2.30. The predicted octanol–water partition coefficient (Wildman–Crippen LogP) is 8.68. The van der Waals surface area contributed by atoms with Crippen molar-refractivity contribution >= 4 is 35.5 Å². The summed E-state index contributed by atoms with van der Waals surface area (Å²) in [5.41, 5.74) is 2.10. The number of aliphatic carboxylic acids is 1. The number of ether oxygens (including phenoxy) is 1. The largest absolute Gasteiger partial charge is 0.507 e. The maximum absolute atomic E-state index is 12.2. The van der Waals surface area contributed by atoms with Gasteiger partial charge in [-0.15, -0.1) is 23.5 Å². The van der Waals surface area contributed by atoms with Gasteiger partial charge in [-0.2, -0.15) is 0 Å². The molecule has 0 fully saturated rings. The van der Waals surface area contributed by atoms with E-state index in [1.807, 2.05) is 6.07 Å². The quantitative estimate of drug-likeness (QED) is 0.145. The first-order valence-corrected chi connectivity index (χ1v) is 14.6. The fourth-order valence-corrected chi connectivity index (χ4v) is 6.57. The summed E-state index contributed by atoms with van der Waals surface area (Å²) in [6.45, 7) is 23.2. The molecule has 2 aromatic carbocycles. The number of carbonyl (C=O) groups excluding carboxylic acids is 1. The molecule has 0 bridgehead atoms. The molecule has 2 aromatic rings. The van der Waals surface area contributed by atoms with Crippen LogP contribution in [-0.4, -0.2) is 26.2 Å². The Morgan fingerprint density at radius 1 is 0.711 bits per heavy atom. The van der Waals surface area contributed by atoms with Crippen LogP contribution < -0.4 is 4.74 Å². The molecule has 0 unspecified atom stereocenters. The molecule has 0 aliphatic rings. The van der Waals surface area contributed by atoms with Gasteiger partial charge in [0.2, 0.25) is 0 Å². The molecule has 0 saturated carbocycles. The Morgan fingerprint density at radius 3 is 1.61 bits per heavy atom. The molecule has 0 heterocycles. The third-order valence-electron chi connectivity index (χ3n) is 5.95. The molecule has 7 heteroatoms. The minimum Gasteiger partial charge on any atom is -0.507 e. The number of carboxylic acids is 1. The minimum absolute atomic E-state index is 0.168. The number of benzene rings is 2. The van der Waals surface area contributed by atoms with Gasteiger partial charge < -0.3 is 14.9 Å². The average molecular weight is 561 g/mol. The van der Waals surface area contributed by atoms with E-state index in [1.54, 1.807) is 29.6 Å². The zero-order chi connectivity index (χ0) is 29.3. The lowest BCUT2D eigenvalue weighted by molar-refractivity contribution is -0.142. The van der Waals surface area contributed by atoms with E-state index in [0.717, 1.165) is 26.5 Å². The number of carbonyl (C=O) groups is 2. The fraction of sp³-hybridized carbons (Fsp3) is 0.548. The van der Waals surface area contributed by atoms with Gasteiger partial charge in [-0.25, -0.2) is 0 Å². The first-order chi connectivity index (χ1) is 17.1. The van der Waals surface area contributed by atoms with Crippen LogP contribution in [0, 0.1) is 0 Å². The molecular formula is C31H44O5S2. The monoisotopic (exact) mass is 560 g/mol. The number of hydrogen-bond donors (Lipinski definition) is 2. The molecule has 0 saturated heterocycles. The van der Waals surface area contributed by atoms with Crippen LogP contribution >= 0.6 is 23.5 Å². The Hall–Kier alpha value is -2.12. The van der Waals surface area contributed by atoms with Crippen LogP contribution in [0.5, 0.6) is 11.5 Å². The van der Waals surface area contributed by atoms with E-state index in [1.165, 1.54) is 0 Å². The van der Waals surface area contributed by atoms with Gasteiger partial charge in [-0.1, -0.05) is 62.3 Å². The van der Waals surface area contributed by atoms with Crippen molar-refractivity contribution in [1.82, 2.24) is 0 Å². The lowest BCUT2D eigenvalue weighted by Crippen LogP contribution is -2.18. The maximum Gasteiger partial charge on any atom is 0.311 e. The van der Waals surface area contributed by atoms with E-state index in [4.69, 9.17) is 9.84 Å². The van der Waals surface area contributed by atoms with Crippen LogP contribution in [0.2, 0.25) is 0 Å². The van der Waals surface area contributed by atoms with Gasteiger partial charge in [-0.05, 0) is 60.4 Å². The van der Waals surface area contributed by atoms with E-state index in [-0.39, 0.29) is 33.2 Å². The number of hydrogen-bond acceptors (Lipinski definition) is 6. The van der Waals surface area contributed by atoms with Crippen LogP contribution in [0.25, 0.3) is 0 Å². The van der Waals surface area contributed by atoms with Crippen LogP contribution in [0.15, 0.2) is 40.1 Å². The molecule has 0 amide bonds. The zero-order valence-corrected chi connectivity index (χ0v) is 26.4. The second-order valence-electron chi connectivity index (χ2n) is 13.2. The third kappa shape index (κ3) is 8.98. The van der Waals surface area contributed by atoms with Gasteiger partial charge >= 0.3 is 11.9 Å². The third-order valence-corrected chi connectivity index (χ3v) is 8.40. The van der Waals surface area contributed by atoms with Gasteiger partial charge in [0.15, 0.2) is 0 Å². The number of rotatable bonds is 8. The lowest BCUT2D eigenvalue weighted by atomic mass is 9.79. The average Bonchev–Trinajstić information content (AvgIpc) is 2.71. The number of esters is 1. The summed E-state index contributed by atoms with van der Waals surface area (Å²) in [7, 11) is 0. The number of phenols is 1. The van der Waals surface area contributed by atoms with Gasteiger partial charge in [0.1, 0.15) is 11.5 Å². The van der Waals surface area contributed by atoms with Crippen LogP contribution in [0.4, 0.5) is 0 Å². The van der Waals surface area contributed by atoms with E-state index >= 15 is 0 Å². The second-order valence-corrected chi connectivity index (χ2v) is 16.9. The summed E-state index contributed by atoms with van der Waals surface area (Å²) < 4.78 is 5.32. The molecule has 5 nitrogen and oxygen atoms in total. The van der Waals surface area contributed by atoms with Crippen molar-refractivity contribution in [2.24, 2.45) is 0 Å². The van der Waals surface area contributed by atoms with Crippen molar-refractivity contribution in [3.05, 3.63) is 47.0 Å². The maximum atomic E-state index is 12.2. The molecule has 210 valence electrons. The molecule has 2 N–H and O–H groups in total. The summed E-state index contributed by atoms with van der Waals surface area (Å²) in [6.07, 6.45) is -0.424. The highest BCUT2D eigenvalue weighted by atomic mass is 32.2. The molecule has 2 rings (SSSR count). The van der Waals surface area contributed by atoms with Crippen molar-refractivity contribution in [3.8, 4) is 11.5 Å². The Kier molecular flexibility index (Phi) is 9.75. The Bertz CT molecular complexity index is 1140. The number of aromatic hydroxyl groups is 1. The second kappa shape index (κ2) is 11.5. The summed E-state index contributed by atoms with van der Waals surface area (Å²) in [5, 5.41) is 20.0. The smallest absolute Gasteiger partial charge is 0.311 e. The number of thioether (sulfide) groups is 2. The van der Waals surface area contributed by atoms with Crippen LogP contribution in [0.1, 0.15) is 106 Å². The van der Waals surface area contributed by atoms with Crippen molar-refractivity contribution < 1.29 is 24.5 Å². The van der Waals surface area contributed by atoms with Crippen LogP contribution in [0.3, 0.4) is 0 Å². The molecule has 38 heavy (non-hydrogen) atoms. The van der Waals surface area contributed by atoms with E-state index in [0.29, 0.717) is 11.5 Å². The molecule has 0 radical (unpaired) electrons. The number of carboxylic acid groups (broad SMARTS) is 1. The van der Waals surface area contributed by atoms with Gasteiger partial charge in [0, 0.05) is 26.5 Å². The highest BCUT2D eigenvalue weighted by Gasteiger charge is 2.30. The van der Waals surface area contributed by atoms with E-state index in [9.17, 15) is 14.7 Å². The van der Waals surface area contributed by atoms with E-state index < -0.39 is 11.9 Å². The minimum atomic E-state index is -1.03. The van der Waals surface area contributed by atoms with Gasteiger partial charge in [0.05, 0.1) is 16.9 Å². The fourth-order valence-electron chi connectivity index (χ4n) is 4.03. The number of phenolic OH excluding ortho intramolecular Hbond substituents is 1. The van der Waals surface area contributed by atoms with Crippen molar-refractivity contribution in [2.75, 3.05) is 0 Å². The van der Waals surface area contributed by atoms with Crippen molar-refractivity contribution in [1.29, 1.82) is 0 Å². The molecular weight excluding hydrogens is 516 g/mol. The summed E-state index contributed by atoms with van der Waals surface area (Å²) in [4.78, 5) is 25.2. The predicted molar refractivity (Wildman–Crippen MR) is 159 cm³/mol. The highest BCUT2D eigenvalue weighted by molar-refractivity contribution is 8.18. The summed E-state index contributed by atoms with van der Waals surface area (Å²) in [6, 6.07) is 10.0.